The minimum atomic E-state index is -0.289. The Hall–Kier alpha value is -2.69. The van der Waals surface area contributed by atoms with Crippen molar-refractivity contribution in [2.45, 2.75) is 13.3 Å². The van der Waals surface area contributed by atoms with E-state index in [9.17, 15) is 9.59 Å². The van der Waals surface area contributed by atoms with E-state index in [1.807, 2.05) is 6.92 Å². The van der Waals surface area contributed by atoms with E-state index in [1.54, 1.807) is 48.7 Å². The third kappa shape index (κ3) is 4.42. The van der Waals surface area contributed by atoms with Crippen LogP contribution < -0.4 is 10.1 Å². The molecule has 108 valence electrons. The van der Waals surface area contributed by atoms with Crippen LogP contribution in [0.2, 0.25) is 0 Å². The fourth-order valence-electron chi connectivity index (χ4n) is 1.71. The Morgan fingerprint density at radius 3 is 2.52 bits per heavy atom. The first kappa shape index (κ1) is 14.7. The monoisotopic (exact) mass is 284 g/mol. The van der Waals surface area contributed by atoms with E-state index in [4.69, 9.17) is 4.74 Å². The van der Waals surface area contributed by atoms with Gasteiger partial charge < -0.3 is 10.1 Å². The van der Waals surface area contributed by atoms with Crippen molar-refractivity contribution >= 4 is 17.5 Å². The molecule has 1 heterocycles. The highest BCUT2D eigenvalue weighted by atomic mass is 16.5. The normalized spacial score (nSPS) is 9.95. The molecule has 5 nitrogen and oxygen atoms in total. The molecule has 5 heteroatoms. The molecule has 0 unspecified atom stereocenters. The lowest BCUT2D eigenvalue weighted by molar-refractivity contribution is -0.118. The number of carbonyl (C=O) groups is 2. The van der Waals surface area contributed by atoms with Crippen LogP contribution in [-0.4, -0.2) is 23.3 Å². The Labute approximate surface area is 123 Å². The molecule has 1 aromatic carbocycles. The second kappa shape index (κ2) is 7.19. The van der Waals surface area contributed by atoms with Crippen LogP contribution in [0.5, 0.6) is 5.75 Å². The number of rotatable bonds is 6. The summed E-state index contributed by atoms with van der Waals surface area (Å²) in [5.74, 6) is 0.811. The summed E-state index contributed by atoms with van der Waals surface area (Å²) < 4.78 is 5.36. The molecule has 0 aliphatic rings. The maximum Gasteiger partial charge on any atom is 0.263 e. The molecular weight excluding hydrogens is 268 g/mol. The number of hydrogen-bond acceptors (Lipinski definition) is 4. The van der Waals surface area contributed by atoms with Crippen molar-refractivity contribution in [3.05, 3.63) is 54.2 Å². The smallest absolute Gasteiger partial charge is 0.263 e. The van der Waals surface area contributed by atoms with Crippen LogP contribution in [-0.2, 0) is 4.79 Å². The molecule has 0 atom stereocenters. The first-order valence-electron chi connectivity index (χ1n) is 6.66. The number of nitrogens with zero attached hydrogens (tertiary/aromatic N) is 1. The first-order chi connectivity index (χ1) is 10.2. The van der Waals surface area contributed by atoms with Crippen molar-refractivity contribution < 1.29 is 14.3 Å². The molecule has 1 amide bonds. The zero-order valence-corrected chi connectivity index (χ0v) is 11.7. The predicted molar refractivity (Wildman–Crippen MR) is 79.4 cm³/mol. The highest BCUT2D eigenvalue weighted by Gasteiger charge is 2.06. The molecule has 0 aliphatic carbocycles. The summed E-state index contributed by atoms with van der Waals surface area (Å²) in [7, 11) is 0. The number of anilines is 1. The Morgan fingerprint density at radius 1 is 1.14 bits per heavy atom. The summed E-state index contributed by atoms with van der Waals surface area (Å²) in [6.07, 6.45) is 2.06. The van der Waals surface area contributed by atoms with Crippen molar-refractivity contribution in [2.24, 2.45) is 0 Å². The quantitative estimate of drug-likeness (QED) is 0.828. The Morgan fingerprint density at radius 2 is 1.90 bits per heavy atom. The van der Waals surface area contributed by atoms with Crippen molar-refractivity contribution in [3.8, 4) is 5.75 Å². The van der Waals surface area contributed by atoms with Crippen LogP contribution in [0, 0.1) is 0 Å². The van der Waals surface area contributed by atoms with Gasteiger partial charge in [0.1, 0.15) is 11.6 Å². The lowest BCUT2D eigenvalue weighted by Gasteiger charge is -2.07. The van der Waals surface area contributed by atoms with Gasteiger partial charge in [0.05, 0.1) is 0 Å². The summed E-state index contributed by atoms with van der Waals surface area (Å²) in [6.45, 7) is 1.70. The first-order valence-corrected chi connectivity index (χ1v) is 6.66. The lowest BCUT2D eigenvalue weighted by Crippen LogP contribution is -2.20. The number of Topliss-reactive ketones (excluding diaryl/α,β-unsaturated/α-hetero) is 1. The van der Waals surface area contributed by atoms with Gasteiger partial charge in [0.2, 0.25) is 0 Å². The Bertz CT molecular complexity index is 609. The molecule has 1 aromatic heterocycles. The number of benzene rings is 1. The van der Waals surface area contributed by atoms with Crippen LogP contribution in [0.1, 0.15) is 23.7 Å². The van der Waals surface area contributed by atoms with E-state index in [-0.39, 0.29) is 18.3 Å². The number of amides is 1. The summed E-state index contributed by atoms with van der Waals surface area (Å²) in [5.41, 5.74) is 0.641. The van der Waals surface area contributed by atoms with Gasteiger partial charge in [0, 0.05) is 18.2 Å². The van der Waals surface area contributed by atoms with Gasteiger partial charge in [-0.2, -0.15) is 0 Å². The van der Waals surface area contributed by atoms with Crippen LogP contribution in [0.15, 0.2) is 48.7 Å². The molecule has 0 spiro atoms. The Balaban J connectivity index is 1.85. The van der Waals surface area contributed by atoms with E-state index >= 15 is 0 Å². The lowest BCUT2D eigenvalue weighted by atomic mass is 10.1. The number of aromatic nitrogens is 1. The van der Waals surface area contributed by atoms with Gasteiger partial charge in [-0.05, 0) is 36.4 Å². The van der Waals surface area contributed by atoms with Gasteiger partial charge in [0.25, 0.3) is 5.91 Å². The second-order valence-corrected chi connectivity index (χ2v) is 4.35. The largest absolute Gasteiger partial charge is 0.484 e. The Kier molecular flexibility index (Phi) is 5.04. The topological polar surface area (TPSA) is 68.3 Å². The molecule has 1 N–H and O–H groups in total. The number of carbonyl (C=O) groups excluding carboxylic acids is 2. The molecule has 2 aromatic rings. The molecule has 0 fully saturated rings. The number of pyridine rings is 1. The maximum atomic E-state index is 11.7. The third-order valence-corrected chi connectivity index (χ3v) is 2.80. The highest BCUT2D eigenvalue weighted by Crippen LogP contribution is 2.13. The third-order valence-electron chi connectivity index (χ3n) is 2.80. The SMILES string of the molecule is CCC(=O)c1ccc(OCC(=O)Nc2ccccn2)cc1. The summed E-state index contributed by atoms with van der Waals surface area (Å²) in [6, 6.07) is 12.0. The van der Waals surface area contributed by atoms with Crippen molar-refractivity contribution in [3.63, 3.8) is 0 Å². The van der Waals surface area contributed by atoms with Gasteiger partial charge in [0.15, 0.2) is 12.4 Å². The van der Waals surface area contributed by atoms with Crippen molar-refractivity contribution in [2.75, 3.05) is 11.9 Å². The highest BCUT2D eigenvalue weighted by molar-refractivity contribution is 5.96. The average molecular weight is 284 g/mol. The predicted octanol–water partition coefficient (Wildman–Crippen LogP) is 2.69. The maximum absolute atomic E-state index is 11.7. The second-order valence-electron chi connectivity index (χ2n) is 4.35. The van der Waals surface area contributed by atoms with E-state index in [2.05, 4.69) is 10.3 Å². The molecule has 0 saturated heterocycles. The number of ether oxygens (including phenoxy) is 1. The standard InChI is InChI=1S/C16H16N2O3/c1-2-14(19)12-6-8-13(9-7-12)21-11-16(20)18-15-5-3-4-10-17-15/h3-10H,2,11H2,1H3,(H,17,18,20). The fraction of sp³-hybridized carbons (Fsp3) is 0.188. The minimum Gasteiger partial charge on any atom is -0.484 e. The van der Waals surface area contributed by atoms with E-state index in [0.717, 1.165) is 0 Å². The van der Waals surface area contributed by atoms with Crippen LogP contribution in [0.4, 0.5) is 5.82 Å². The van der Waals surface area contributed by atoms with Crippen molar-refractivity contribution in [1.29, 1.82) is 0 Å². The van der Waals surface area contributed by atoms with Crippen LogP contribution >= 0.6 is 0 Å². The van der Waals surface area contributed by atoms with Gasteiger partial charge in [-0.3, -0.25) is 9.59 Å². The molecule has 2 rings (SSSR count). The van der Waals surface area contributed by atoms with Crippen molar-refractivity contribution in [1.82, 2.24) is 4.98 Å². The van der Waals surface area contributed by atoms with Gasteiger partial charge in [-0.1, -0.05) is 13.0 Å². The number of nitrogens with one attached hydrogen (secondary N) is 1. The van der Waals surface area contributed by atoms with E-state index in [0.29, 0.717) is 23.6 Å². The molecule has 0 bridgehead atoms. The fourth-order valence-corrected chi connectivity index (χ4v) is 1.71. The molecule has 0 aliphatic heterocycles. The number of ketones is 1. The molecule has 21 heavy (non-hydrogen) atoms. The molecule has 0 saturated carbocycles. The van der Waals surface area contributed by atoms with E-state index in [1.165, 1.54) is 0 Å². The number of hydrogen-bond donors (Lipinski definition) is 1. The average Bonchev–Trinajstić information content (AvgIpc) is 2.53. The zero-order chi connectivity index (χ0) is 15.1. The van der Waals surface area contributed by atoms with Gasteiger partial charge in [-0.15, -0.1) is 0 Å². The van der Waals surface area contributed by atoms with Gasteiger partial charge in [-0.25, -0.2) is 4.98 Å². The summed E-state index contributed by atoms with van der Waals surface area (Å²) in [5, 5.41) is 2.62. The minimum absolute atomic E-state index is 0.0782. The summed E-state index contributed by atoms with van der Waals surface area (Å²) in [4.78, 5) is 27.1. The zero-order valence-electron chi connectivity index (χ0n) is 11.7. The van der Waals surface area contributed by atoms with Gasteiger partial charge >= 0.3 is 0 Å². The molecule has 0 radical (unpaired) electrons. The van der Waals surface area contributed by atoms with Crippen LogP contribution in [0.25, 0.3) is 0 Å². The van der Waals surface area contributed by atoms with Crippen LogP contribution in [0.3, 0.4) is 0 Å². The summed E-state index contributed by atoms with van der Waals surface area (Å²) >= 11 is 0. The molecular formula is C16H16N2O3. The van der Waals surface area contributed by atoms with E-state index < -0.39 is 0 Å².